The molecule has 0 aromatic carbocycles. The number of hydrogen-bond donors (Lipinski definition) is 2. The van der Waals surface area contributed by atoms with Crippen LogP contribution in [0.15, 0.2) is 23.1 Å². The molecule has 3 rings (SSSR count). The largest absolute Gasteiger partial charge is 0.490 e. The van der Waals surface area contributed by atoms with Crippen LogP contribution < -0.4 is 15.8 Å². The van der Waals surface area contributed by atoms with Crippen molar-refractivity contribution in [2.24, 2.45) is 7.05 Å². The number of rotatable bonds is 3. The highest BCUT2D eigenvalue weighted by molar-refractivity contribution is 5.77. The second-order valence-electron chi connectivity index (χ2n) is 5.94. The Hall–Kier alpha value is -2.89. The number of aliphatic carboxylic acids is 1. The Balaban J connectivity index is 0.000000345. The number of halogens is 3. The molecule has 0 bridgehead atoms. The molecule has 0 spiro atoms. The number of piperazine rings is 1. The topological polar surface area (TPSA) is 105 Å². The van der Waals surface area contributed by atoms with E-state index in [1.165, 1.54) is 4.68 Å². The second-order valence-corrected chi connectivity index (χ2v) is 5.94. The van der Waals surface area contributed by atoms with Crippen LogP contribution in [0.3, 0.4) is 0 Å². The van der Waals surface area contributed by atoms with Gasteiger partial charge in [-0.1, -0.05) is 12.2 Å². The first-order valence-corrected chi connectivity index (χ1v) is 8.46. The maximum absolute atomic E-state index is 12.4. The highest BCUT2D eigenvalue weighted by Crippen LogP contribution is 2.20. The van der Waals surface area contributed by atoms with Gasteiger partial charge in [0.05, 0.1) is 6.20 Å². The van der Waals surface area contributed by atoms with Crippen molar-refractivity contribution in [2.75, 3.05) is 31.1 Å². The van der Waals surface area contributed by atoms with Gasteiger partial charge in [0.2, 0.25) is 5.95 Å². The van der Waals surface area contributed by atoms with Crippen molar-refractivity contribution < 1.29 is 23.1 Å². The molecule has 1 aliphatic rings. The lowest BCUT2D eigenvalue weighted by Crippen LogP contribution is -2.44. The van der Waals surface area contributed by atoms with Crippen LogP contribution in [0.4, 0.5) is 19.1 Å². The number of fused-ring (bicyclic) bond motifs is 1. The van der Waals surface area contributed by atoms with Gasteiger partial charge >= 0.3 is 12.1 Å². The van der Waals surface area contributed by atoms with Crippen LogP contribution in [0, 0.1) is 0 Å². The smallest absolute Gasteiger partial charge is 0.475 e. The zero-order chi connectivity index (χ0) is 20.9. The van der Waals surface area contributed by atoms with Crippen LogP contribution in [-0.2, 0) is 18.4 Å². The van der Waals surface area contributed by atoms with Crippen molar-refractivity contribution in [3.05, 3.63) is 28.7 Å². The van der Waals surface area contributed by atoms with E-state index in [9.17, 15) is 18.0 Å². The van der Waals surface area contributed by atoms with Gasteiger partial charge in [-0.3, -0.25) is 4.79 Å². The number of carbonyl (C=O) groups is 1. The van der Waals surface area contributed by atoms with Crippen molar-refractivity contribution in [3.8, 4) is 0 Å². The second kappa shape index (κ2) is 8.87. The fourth-order valence-electron chi connectivity index (χ4n) is 2.61. The molecule has 1 saturated heterocycles. The number of allylic oxidation sites excluding steroid dienone is 2. The average Bonchev–Trinajstić information content (AvgIpc) is 3.02. The number of alkyl halides is 3. The minimum absolute atomic E-state index is 0.106. The Morgan fingerprint density at radius 1 is 1.36 bits per heavy atom. The van der Waals surface area contributed by atoms with Crippen LogP contribution in [0.2, 0.25) is 0 Å². The number of hydrogen-bond acceptors (Lipinski definition) is 6. The number of nitrogens with one attached hydrogen (secondary N) is 1. The number of aryl methyl sites for hydroxylation is 1. The number of imidazole rings is 1. The molecule has 2 aromatic heterocycles. The van der Waals surface area contributed by atoms with E-state index < -0.39 is 12.1 Å². The van der Waals surface area contributed by atoms with E-state index in [4.69, 9.17) is 9.90 Å². The highest BCUT2D eigenvalue weighted by Gasteiger charge is 2.38. The molecular weight excluding hydrogens is 381 g/mol. The van der Waals surface area contributed by atoms with Crippen LogP contribution >= 0.6 is 0 Å². The molecule has 12 heteroatoms. The first-order valence-electron chi connectivity index (χ1n) is 8.46. The van der Waals surface area contributed by atoms with E-state index in [0.717, 1.165) is 32.1 Å². The first-order chi connectivity index (χ1) is 13.2. The molecule has 0 radical (unpaired) electrons. The minimum Gasteiger partial charge on any atom is -0.475 e. The van der Waals surface area contributed by atoms with Crippen molar-refractivity contribution in [2.45, 2.75) is 19.6 Å². The zero-order valence-corrected chi connectivity index (χ0v) is 15.4. The lowest BCUT2D eigenvalue weighted by molar-refractivity contribution is -0.192. The average molecular weight is 402 g/mol. The summed E-state index contributed by atoms with van der Waals surface area (Å²) < 4.78 is 35.1. The molecule has 9 nitrogen and oxygen atoms in total. The standard InChI is InChI=1S/C14H20N6O.C2HF3O2/c1-3-4-7-20-12-11(10-16-18(2)13(12)21)17-14(20)19-8-5-15-6-9-19;3-2(4,5)1(6)7/h3-4,10,15H,5-9H2,1-2H3;(H,6,7). The van der Waals surface area contributed by atoms with Crippen LogP contribution in [0.5, 0.6) is 0 Å². The van der Waals surface area contributed by atoms with E-state index in [2.05, 4.69) is 20.3 Å². The molecule has 1 fully saturated rings. The molecule has 154 valence electrons. The number of carboxylic acids is 1. The lowest BCUT2D eigenvalue weighted by Gasteiger charge is -2.28. The van der Waals surface area contributed by atoms with E-state index in [0.29, 0.717) is 17.6 Å². The molecule has 3 heterocycles. The van der Waals surface area contributed by atoms with Crippen molar-refractivity contribution in [1.82, 2.24) is 24.6 Å². The molecule has 0 atom stereocenters. The molecular formula is C16H21F3N6O3. The third kappa shape index (κ3) is 4.88. The van der Waals surface area contributed by atoms with Gasteiger partial charge in [-0.2, -0.15) is 18.3 Å². The molecule has 2 aromatic rings. The fourth-order valence-corrected chi connectivity index (χ4v) is 2.61. The number of nitrogens with zero attached hydrogens (tertiary/aromatic N) is 5. The fraction of sp³-hybridized carbons (Fsp3) is 0.500. The van der Waals surface area contributed by atoms with Crippen molar-refractivity contribution >= 4 is 23.0 Å². The summed E-state index contributed by atoms with van der Waals surface area (Å²) in [6, 6.07) is 0. The number of aromatic nitrogens is 4. The molecule has 28 heavy (non-hydrogen) atoms. The maximum Gasteiger partial charge on any atom is 0.490 e. The molecule has 0 unspecified atom stereocenters. The summed E-state index contributed by atoms with van der Waals surface area (Å²) in [5.74, 6) is -1.90. The van der Waals surface area contributed by atoms with Gasteiger partial charge in [0, 0.05) is 39.8 Å². The van der Waals surface area contributed by atoms with E-state index >= 15 is 0 Å². The third-order valence-electron chi connectivity index (χ3n) is 3.99. The van der Waals surface area contributed by atoms with Gasteiger partial charge in [-0.05, 0) is 6.92 Å². The Bertz CT molecular complexity index is 913. The minimum atomic E-state index is -5.08. The number of anilines is 1. The Morgan fingerprint density at radius 3 is 2.50 bits per heavy atom. The van der Waals surface area contributed by atoms with Gasteiger partial charge in [0.15, 0.2) is 0 Å². The van der Waals surface area contributed by atoms with Crippen molar-refractivity contribution in [3.63, 3.8) is 0 Å². The zero-order valence-electron chi connectivity index (χ0n) is 15.4. The monoisotopic (exact) mass is 402 g/mol. The van der Waals surface area contributed by atoms with Gasteiger partial charge in [-0.15, -0.1) is 0 Å². The van der Waals surface area contributed by atoms with Gasteiger partial charge in [-0.25, -0.2) is 14.5 Å². The van der Waals surface area contributed by atoms with E-state index in [-0.39, 0.29) is 5.56 Å². The molecule has 0 saturated carbocycles. The van der Waals surface area contributed by atoms with Gasteiger partial charge < -0.3 is 19.9 Å². The Labute approximate surface area is 158 Å². The van der Waals surface area contributed by atoms with Crippen LogP contribution in [-0.4, -0.2) is 62.8 Å². The van der Waals surface area contributed by atoms with Gasteiger partial charge in [0.25, 0.3) is 5.56 Å². The summed E-state index contributed by atoms with van der Waals surface area (Å²) in [4.78, 5) is 28.2. The molecule has 0 amide bonds. The SMILES string of the molecule is CC=CCn1c(N2CCNCC2)nc2cnn(C)c(=O)c21.O=C(O)C(F)(F)F. The van der Waals surface area contributed by atoms with Crippen LogP contribution in [0.1, 0.15) is 6.92 Å². The summed E-state index contributed by atoms with van der Waals surface area (Å²) in [7, 11) is 1.67. The molecule has 0 aliphatic carbocycles. The van der Waals surface area contributed by atoms with Crippen LogP contribution in [0.25, 0.3) is 11.0 Å². The molecule has 2 N–H and O–H groups in total. The molecule has 1 aliphatic heterocycles. The van der Waals surface area contributed by atoms with Gasteiger partial charge in [0.1, 0.15) is 11.0 Å². The predicted octanol–water partition coefficient (Wildman–Crippen LogP) is 0.749. The third-order valence-corrected chi connectivity index (χ3v) is 3.99. The maximum atomic E-state index is 12.4. The Kier molecular flexibility index (Phi) is 6.78. The summed E-state index contributed by atoms with van der Waals surface area (Å²) in [5, 5.41) is 14.5. The number of carboxylic acid groups (broad SMARTS) is 1. The first kappa shape index (κ1) is 21.4. The van der Waals surface area contributed by atoms with E-state index in [1.807, 2.05) is 23.6 Å². The lowest BCUT2D eigenvalue weighted by atomic mass is 10.4. The predicted molar refractivity (Wildman–Crippen MR) is 96.4 cm³/mol. The quantitative estimate of drug-likeness (QED) is 0.730. The summed E-state index contributed by atoms with van der Waals surface area (Å²) >= 11 is 0. The normalized spacial score (nSPS) is 15.0. The summed E-state index contributed by atoms with van der Waals surface area (Å²) in [6.45, 7) is 6.28. The Morgan fingerprint density at radius 2 is 1.96 bits per heavy atom. The van der Waals surface area contributed by atoms with E-state index in [1.54, 1.807) is 13.2 Å². The summed E-state index contributed by atoms with van der Waals surface area (Å²) in [6.07, 6.45) is 0.598. The highest BCUT2D eigenvalue weighted by atomic mass is 19.4. The summed E-state index contributed by atoms with van der Waals surface area (Å²) in [5.41, 5.74) is 1.18. The van der Waals surface area contributed by atoms with Crippen molar-refractivity contribution in [1.29, 1.82) is 0 Å².